The van der Waals surface area contributed by atoms with Gasteiger partial charge in [0.05, 0.1) is 16.4 Å². The second kappa shape index (κ2) is 6.57. The van der Waals surface area contributed by atoms with Crippen LogP contribution >= 0.6 is 0 Å². The summed E-state index contributed by atoms with van der Waals surface area (Å²) < 4.78 is 64.3. The summed E-state index contributed by atoms with van der Waals surface area (Å²) in [7, 11) is -4.03. The number of non-ortho nitro benzene ring substituents is 1. The van der Waals surface area contributed by atoms with Gasteiger partial charge in [0.15, 0.2) is 5.69 Å². The Kier molecular flexibility index (Phi) is 4.89. The molecule has 0 atom stereocenters. The molecular weight excluding hydrogens is 353 g/mol. The van der Waals surface area contributed by atoms with E-state index in [1.165, 1.54) is 12.1 Å². The third-order valence-electron chi connectivity index (χ3n) is 2.90. The summed E-state index contributed by atoms with van der Waals surface area (Å²) in [6.45, 7) is -0.367. The van der Waals surface area contributed by atoms with Gasteiger partial charge in [-0.15, -0.1) is 0 Å². The summed E-state index contributed by atoms with van der Waals surface area (Å²) in [6.07, 6.45) is -3.50. The lowest BCUT2D eigenvalue weighted by atomic mass is 10.3. The molecule has 8 nitrogen and oxygen atoms in total. The molecule has 0 radical (unpaired) electrons. The van der Waals surface area contributed by atoms with Crippen LogP contribution in [-0.2, 0) is 22.7 Å². The molecular formula is C12H11F3N4O4S. The third kappa shape index (κ3) is 4.29. The number of halogens is 3. The van der Waals surface area contributed by atoms with E-state index < -0.39 is 26.8 Å². The van der Waals surface area contributed by atoms with Gasteiger partial charge in [-0.1, -0.05) is 6.07 Å². The summed E-state index contributed by atoms with van der Waals surface area (Å²) in [4.78, 5) is 9.60. The molecule has 130 valence electrons. The van der Waals surface area contributed by atoms with Crippen LogP contribution in [0.3, 0.4) is 0 Å². The van der Waals surface area contributed by atoms with Crippen molar-refractivity contribution in [1.82, 2.24) is 14.5 Å². The number of aromatic nitrogens is 2. The molecule has 0 saturated carbocycles. The predicted octanol–water partition coefficient (Wildman–Crippen LogP) is 1.79. The maximum atomic E-state index is 12.4. The van der Waals surface area contributed by atoms with Crippen LogP contribution in [0.15, 0.2) is 41.4 Å². The van der Waals surface area contributed by atoms with Crippen molar-refractivity contribution in [3.8, 4) is 0 Å². The van der Waals surface area contributed by atoms with Crippen LogP contribution in [0.4, 0.5) is 18.9 Å². The van der Waals surface area contributed by atoms with E-state index in [0.29, 0.717) is 0 Å². The number of sulfonamides is 1. The molecule has 0 bridgehead atoms. The maximum absolute atomic E-state index is 12.4. The average molecular weight is 364 g/mol. The molecule has 1 aromatic heterocycles. The van der Waals surface area contributed by atoms with Crippen molar-refractivity contribution in [2.45, 2.75) is 17.6 Å². The summed E-state index contributed by atoms with van der Waals surface area (Å²) >= 11 is 0. The number of alkyl halides is 3. The first kappa shape index (κ1) is 17.9. The first-order valence-electron chi connectivity index (χ1n) is 6.44. The zero-order valence-electron chi connectivity index (χ0n) is 11.9. The Morgan fingerprint density at radius 2 is 2.00 bits per heavy atom. The minimum atomic E-state index is -4.58. The largest absolute Gasteiger partial charge is 0.435 e. The van der Waals surface area contributed by atoms with Crippen LogP contribution in [0.25, 0.3) is 0 Å². The highest BCUT2D eigenvalue weighted by atomic mass is 32.2. The molecule has 1 aromatic carbocycles. The summed E-state index contributed by atoms with van der Waals surface area (Å²) in [5.41, 5.74) is -1.47. The fraction of sp³-hybridized carbons (Fsp3) is 0.250. The van der Waals surface area contributed by atoms with E-state index in [0.717, 1.165) is 29.1 Å². The maximum Gasteiger partial charge on any atom is 0.435 e. The number of benzene rings is 1. The van der Waals surface area contributed by atoms with E-state index in [1.807, 2.05) is 0 Å². The second-order valence-electron chi connectivity index (χ2n) is 4.61. The zero-order chi connectivity index (χ0) is 18.0. The number of nitrogens with zero attached hydrogens (tertiary/aromatic N) is 3. The van der Waals surface area contributed by atoms with Gasteiger partial charge in [-0.25, -0.2) is 13.1 Å². The highest BCUT2D eigenvalue weighted by Crippen LogP contribution is 2.27. The molecule has 12 heteroatoms. The van der Waals surface area contributed by atoms with Crippen molar-refractivity contribution in [3.63, 3.8) is 0 Å². The Labute approximate surface area is 134 Å². The van der Waals surface area contributed by atoms with E-state index in [-0.39, 0.29) is 23.7 Å². The van der Waals surface area contributed by atoms with Crippen molar-refractivity contribution in [3.05, 3.63) is 52.3 Å². The minimum absolute atomic E-state index is 0.135. The molecule has 0 aliphatic rings. The van der Waals surface area contributed by atoms with E-state index in [4.69, 9.17) is 0 Å². The number of nitro benzene ring substituents is 1. The fourth-order valence-corrected chi connectivity index (χ4v) is 2.84. The Balaban J connectivity index is 2.02. The standard InChI is InChI=1S/C12H11F3N4O4S/c13-12(14,15)11-4-6-18(17-11)7-5-16-24(22,23)10-3-1-2-9(8-10)19(20)21/h1-4,6,8,16H,5,7H2. The Hall–Kier alpha value is -2.47. The van der Waals surface area contributed by atoms with Crippen LogP contribution in [-0.4, -0.2) is 29.7 Å². The van der Waals surface area contributed by atoms with Gasteiger partial charge in [-0.3, -0.25) is 14.8 Å². The first-order chi connectivity index (χ1) is 11.1. The Bertz CT molecular complexity index is 848. The van der Waals surface area contributed by atoms with E-state index in [9.17, 15) is 31.7 Å². The van der Waals surface area contributed by atoms with E-state index in [1.54, 1.807) is 0 Å². The molecule has 24 heavy (non-hydrogen) atoms. The highest BCUT2D eigenvalue weighted by molar-refractivity contribution is 7.89. The number of hydrogen-bond acceptors (Lipinski definition) is 5. The Morgan fingerprint density at radius 3 is 2.58 bits per heavy atom. The van der Waals surface area contributed by atoms with Crippen LogP contribution in [0.5, 0.6) is 0 Å². The first-order valence-corrected chi connectivity index (χ1v) is 7.93. The molecule has 0 amide bonds. The fourth-order valence-electron chi connectivity index (χ4n) is 1.78. The minimum Gasteiger partial charge on any atom is -0.271 e. The van der Waals surface area contributed by atoms with Gasteiger partial charge in [-0.05, 0) is 12.1 Å². The molecule has 1 heterocycles. The van der Waals surface area contributed by atoms with Crippen molar-refractivity contribution < 1.29 is 26.5 Å². The SMILES string of the molecule is O=[N+]([O-])c1cccc(S(=O)(=O)NCCn2ccc(C(F)(F)F)n2)c1. The predicted molar refractivity (Wildman–Crippen MR) is 75.5 cm³/mol. The number of nitro groups is 1. The monoisotopic (exact) mass is 364 g/mol. The average Bonchev–Trinajstić information content (AvgIpc) is 2.96. The van der Waals surface area contributed by atoms with Gasteiger partial charge >= 0.3 is 6.18 Å². The lowest BCUT2D eigenvalue weighted by Crippen LogP contribution is -2.27. The molecule has 0 aliphatic heterocycles. The number of hydrogen-bond donors (Lipinski definition) is 1. The van der Waals surface area contributed by atoms with Gasteiger partial charge in [0.2, 0.25) is 10.0 Å². The quantitative estimate of drug-likeness (QED) is 0.621. The van der Waals surface area contributed by atoms with Crippen LogP contribution < -0.4 is 4.72 Å². The number of nitrogens with one attached hydrogen (secondary N) is 1. The molecule has 0 aliphatic carbocycles. The molecule has 0 spiro atoms. The second-order valence-corrected chi connectivity index (χ2v) is 6.38. The lowest BCUT2D eigenvalue weighted by Gasteiger charge is -2.07. The highest BCUT2D eigenvalue weighted by Gasteiger charge is 2.33. The van der Waals surface area contributed by atoms with Gasteiger partial charge in [0, 0.05) is 24.9 Å². The lowest BCUT2D eigenvalue weighted by molar-refractivity contribution is -0.385. The molecule has 2 rings (SSSR count). The van der Waals surface area contributed by atoms with Crippen LogP contribution in [0.1, 0.15) is 5.69 Å². The summed E-state index contributed by atoms with van der Waals surface area (Å²) in [5, 5.41) is 13.9. The number of rotatable bonds is 6. The van der Waals surface area contributed by atoms with Crippen molar-refractivity contribution >= 4 is 15.7 Å². The van der Waals surface area contributed by atoms with Crippen LogP contribution in [0.2, 0.25) is 0 Å². The normalized spacial score (nSPS) is 12.3. The summed E-state index contributed by atoms with van der Waals surface area (Å²) in [6, 6.07) is 5.19. The Morgan fingerprint density at radius 1 is 1.29 bits per heavy atom. The van der Waals surface area contributed by atoms with Crippen molar-refractivity contribution in [2.24, 2.45) is 0 Å². The van der Waals surface area contributed by atoms with Gasteiger partial charge in [0.1, 0.15) is 0 Å². The van der Waals surface area contributed by atoms with Crippen molar-refractivity contribution in [2.75, 3.05) is 6.54 Å². The van der Waals surface area contributed by atoms with Gasteiger partial charge in [0.25, 0.3) is 5.69 Å². The van der Waals surface area contributed by atoms with E-state index >= 15 is 0 Å². The molecule has 0 unspecified atom stereocenters. The topological polar surface area (TPSA) is 107 Å². The molecule has 0 saturated heterocycles. The summed E-state index contributed by atoms with van der Waals surface area (Å²) in [5.74, 6) is 0. The third-order valence-corrected chi connectivity index (χ3v) is 4.36. The molecule has 1 N–H and O–H groups in total. The zero-order valence-corrected chi connectivity index (χ0v) is 12.7. The smallest absolute Gasteiger partial charge is 0.271 e. The van der Waals surface area contributed by atoms with Crippen LogP contribution in [0, 0.1) is 10.1 Å². The van der Waals surface area contributed by atoms with Gasteiger partial charge in [-0.2, -0.15) is 18.3 Å². The molecule has 0 fully saturated rings. The van der Waals surface area contributed by atoms with Crippen molar-refractivity contribution in [1.29, 1.82) is 0 Å². The van der Waals surface area contributed by atoms with E-state index in [2.05, 4.69) is 9.82 Å². The van der Waals surface area contributed by atoms with Gasteiger partial charge < -0.3 is 0 Å². The molecule has 2 aromatic rings.